The molecule has 3 aromatic rings. The van der Waals surface area contributed by atoms with Gasteiger partial charge in [0.25, 0.3) is 0 Å². The van der Waals surface area contributed by atoms with Crippen molar-refractivity contribution in [1.82, 2.24) is 0 Å². The quantitative estimate of drug-likeness (QED) is 0.364. The van der Waals surface area contributed by atoms with Gasteiger partial charge in [-0.05, 0) is 58.5 Å². The molecule has 3 aromatic carbocycles. The molecule has 0 aromatic heterocycles. The summed E-state index contributed by atoms with van der Waals surface area (Å²) in [5, 5.41) is 9.75. The highest BCUT2D eigenvalue weighted by Gasteiger charge is 2.14. The maximum atomic E-state index is 9.75. The van der Waals surface area contributed by atoms with E-state index in [0.717, 1.165) is 28.9 Å². The Balaban J connectivity index is 2.01. The van der Waals surface area contributed by atoms with E-state index in [0.29, 0.717) is 6.61 Å². The van der Waals surface area contributed by atoms with E-state index in [4.69, 9.17) is 14.2 Å². The zero-order valence-corrected chi connectivity index (χ0v) is 17.7. The number of phenols is 1. The monoisotopic (exact) mass is 404 g/mol. The molecule has 3 rings (SSSR count). The third-order valence-electron chi connectivity index (χ3n) is 4.99. The molecule has 0 amide bonds. The molecule has 0 heterocycles. The molecule has 30 heavy (non-hydrogen) atoms. The Morgan fingerprint density at radius 2 is 1.33 bits per heavy atom. The average molecular weight is 405 g/mol. The second-order valence-electron chi connectivity index (χ2n) is 6.86. The zero-order chi connectivity index (χ0) is 21.3. The fourth-order valence-corrected chi connectivity index (χ4v) is 3.42. The van der Waals surface area contributed by atoms with E-state index >= 15 is 0 Å². The van der Waals surface area contributed by atoms with Crippen LogP contribution in [0.2, 0.25) is 0 Å². The summed E-state index contributed by atoms with van der Waals surface area (Å²) >= 11 is 0. The van der Waals surface area contributed by atoms with E-state index in [2.05, 4.69) is 43.3 Å². The van der Waals surface area contributed by atoms with Crippen molar-refractivity contribution in [3.63, 3.8) is 0 Å². The number of rotatable bonds is 9. The van der Waals surface area contributed by atoms with Crippen LogP contribution in [0.5, 0.6) is 11.5 Å². The van der Waals surface area contributed by atoms with E-state index in [9.17, 15) is 5.11 Å². The van der Waals surface area contributed by atoms with Gasteiger partial charge in [0.15, 0.2) is 6.29 Å². The maximum absolute atomic E-state index is 9.75. The van der Waals surface area contributed by atoms with Gasteiger partial charge in [-0.2, -0.15) is 0 Å². The van der Waals surface area contributed by atoms with E-state index in [1.807, 2.05) is 30.3 Å². The Kier molecular flexibility index (Phi) is 7.66. The Bertz CT molecular complexity index is 941. The Hall–Kier alpha value is -3.08. The number of hydrogen-bond acceptors (Lipinski definition) is 4. The first-order chi connectivity index (χ1) is 14.7. The van der Waals surface area contributed by atoms with E-state index in [-0.39, 0.29) is 5.75 Å². The van der Waals surface area contributed by atoms with Crippen molar-refractivity contribution in [2.45, 2.75) is 19.6 Å². The smallest absolute Gasteiger partial charge is 0.191 e. The first-order valence-electron chi connectivity index (χ1n) is 10.0. The van der Waals surface area contributed by atoms with Crippen LogP contribution in [0.3, 0.4) is 0 Å². The number of hydrogen-bond donors (Lipinski definition) is 1. The van der Waals surface area contributed by atoms with E-state index in [1.165, 1.54) is 11.1 Å². The summed E-state index contributed by atoms with van der Waals surface area (Å²) in [6.45, 7) is 2.48. The highest BCUT2D eigenvalue weighted by Crippen LogP contribution is 2.35. The van der Waals surface area contributed by atoms with Gasteiger partial charge in [0.1, 0.15) is 18.1 Å². The molecular formula is C26H28O4. The summed E-state index contributed by atoms with van der Waals surface area (Å²) in [4.78, 5) is 0. The highest BCUT2D eigenvalue weighted by molar-refractivity contribution is 5.98. The summed E-state index contributed by atoms with van der Waals surface area (Å²) in [5.41, 5.74) is 5.71. The fraction of sp³-hybridized carbons (Fsp3) is 0.231. The number of allylic oxidation sites excluding steroid dienone is 1. The summed E-state index contributed by atoms with van der Waals surface area (Å²) in [6.07, 6.45) is 0.476. The van der Waals surface area contributed by atoms with Gasteiger partial charge in [0.05, 0.1) is 0 Å². The summed E-state index contributed by atoms with van der Waals surface area (Å²) < 4.78 is 16.1. The molecule has 0 aliphatic rings. The molecule has 0 fully saturated rings. The van der Waals surface area contributed by atoms with Crippen molar-refractivity contribution in [2.75, 3.05) is 20.8 Å². The molecule has 156 valence electrons. The van der Waals surface area contributed by atoms with Crippen molar-refractivity contribution in [2.24, 2.45) is 0 Å². The van der Waals surface area contributed by atoms with Gasteiger partial charge in [0, 0.05) is 14.2 Å². The van der Waals surface area contributed by atoms with Crippen molar-refractivity contribution >= 4 is 11.1 Å². The van der Waals surface area contributed by atoms with Crippen LogP contribution < -0.4 is 4.74 Å². The molecule has 0 atom stereocenters. The van der Waals surface area contributed by atoms with Crippen molar-refractivity contribution in [3.8, 4) is 11.5 Å². The van der Waals surface area contributed by atoms with E-state index in [1.54, 1.807) is 26.4 Å². The second kappa shape index (κ2) is 10.6. The summed E-state index contributed by atoms with van der Waals surface area (Å²) in [5.74, 6) is 1.01. The standard InChI is InChI=1S/C26H28O4/c1-4-24(19-8-6-5-7-9-19)26(20-10-14-22(27)15-11-20)21-12-16-23(17-13-21)30-18-25(28-2)29-3/h5-17,25,27H,4,18H2,1-3H3/b26-24-. The molecule has 4 nitrogen and oxygen atoms in total. The topological polar surface area (TPSA) is 47.9 Å². The third-order valence-corrected chi connectivity index (χ3v) is 4.99. The number of methoxy groups -OCH3 is 2. The molecule has 0 saturated carbocycles. The van der Waals surface area contributed by atoms with Crippen LogP contribution in [0.1, 0.15) is 30.0 Å². The van der Waals surface area contributed by atoms with Gasteiger partial charge in [-0.25, -0.2) is 0 Å². The zero-order valence-electron chi connectivity index (χ0n) is 17.7. The van der Waals surface area contributed by atoms with Crippen molar-refractivity contribution in [1.29, 1.82) is 0 Å². The predicted molar refractivity (Wildman–Crippen MR) is 120 cm³/mol. The van der Waals surface area contributed by atoms with Crippen LogP contribution in [0, 0.1) is 0 Å². The molecular weight excluding hydrogens is 376 g/mol. The lowest BCUT2D eigenvalue weighted by molar-refractivity contribution is -0.121. The minimum Gasteiger partial charge on any atom is -0.508 e. The van der Waals surface area contributed by atoms with Crippen LogP contribution >= 0.6 is 0 Å². The first-order valence-corrected chi connectivity index (χ1v) is 10.0. The SMILES string of the molecule is CC/C(=C(\c1ccc(O)cc1)c1ccc(OCC(OC)OC)cc1)c1ccccc1. The number of aromatic hydroxyl groups is 1. The lowest BCUT2D eigenvalue weighted by Gasteiger charge is -2.17. The van der Waals surface area contributed by atoms with Gasteiger partial charge < -0.3 is 19.3 Å². The highest BCUT2D eigenvalue weighted by atomic mass is 16.7. The molecule has 0 aliphatic carbocycles. The average Bonchev–Trinajstić information content (AvgIpc) is 2.80. The summed E-state index contributed by atoms with van der Waals surface area (Å²) in [6, 6.07) is 25.8. The third kappa shape index (κ3) is 5.29. The van der Waals surface area contributed by atoms with Gasteiger partial charge in [-0.15, -0.1) is 0 Å². The van der Waals surface area contributed by atoms with Crippen LogP contribution in [0.15, 0.2) is 78.9 Å². The first kappa shape index (κ1) is 21.6. The van der Waals surface area contributed by atoms with Crippen molar-refractivity contribution in [3.05, 3.63) is 95.6 Å². The number of ether oxygens (including phenoxy) is 3. The lowest BCUT2D eigenvalue weighted by atomic mass is 9.88. The van der Waals surface area contributed by atoms with Crippen LogP contribution in [0.25, 0.3) is 11.1 Å². The fourth-order valence-electron chi connectivity index (χ4n) is 3.42. The van der Waals surface area contributed by atoms with Crippen molar-refractivity contribution < 1.29 is 19.3 Å². The van der Waals surface area contributed by atoms with Gasteiger partial charge in [-0.3, -0.25) is 0 Å². The van der Waals surface area contributed by atoms with E-state index < -0.39 is 6.29 Å². The molecule has 0 radical (unpaired) electrons. The van der Waals surface area contributed by atoms with Crippen LogP contribution in [-0.4, -0.2) is 32.2 Å². The number of benzene rings is 3. The minimum atomic E-state index is -0.401. The number of phenolic OH excluding ortho intramolecular Hbond substituents is 1. The van der Waals surface area contributed by atoms with Crippen LogP contribution in [0.4, 0.5) is 0 Å². The van der Waals surface area contributed by atoms with Gasteiger partial charge in [0.2, 0.25) is 0 Å². The predicted octanol–water partition coefficient (Wildman–Crippen LogP) is 5.76. The molecule has 1 N–H and O–H groups in total. The lowest BCUT2D eigenvalue weighted by Crippen LogP contribution is -2.21. The second-order valence-corrected chi connectivity index (χ2v) is 6.86. The Labute approximate surface area is 178 Å². The van der Waals surface area contributed by atoms with Gasteiger partial charge >= 0.3 is 0 Å². The largest absolute Gasteiger partial charge is 0.508 e. The minimum absolute atomic E-state index is 0.255. The molecule has 4 heteroatoms. The Morgan fingerprint density at radius 3 is 1.87 bits per heavy atom. The molecule has 0 bridgehead atoms. The Morgan fingerprint density at radius 1 is 0.767 bits per heavy atom. The molecule has 0 saturated heterocycles. The molecule has 0 aliphatic heterocycles. The molecule has 0 spiro atoms. The maximum Gasteiger partial charge on any atom is 0.191 e. The normalized spacial score (nSPS) is 12.0. The van der Waals surface area contributed by atoms with Gasteiger partial charge in [-0.1, -0.05) is 61.5 Å². The summed E-state index contributed by atoms with van der Waals surface area (Å²) in [7, 11) is 3.18. The molecule has 0 unspecified atom stereocenters. The van der Waals surface area contributed by atoms with Crippen LogP contribution in [-0.2, 0) is 9.47 Å².